The van der Waals surface area contributed by atoms with E-state index >= 15 is 0 Å². The second-order valence-electron chi connectivity index (χ2n) is 4.88. The van der Waals surface area contributed by atoms with Gasteiger partial charge in [0, 0.05) is 12.8 Å². The van der Waals surface area contributed by atoms with Gasteiger partial charge in [0.25, 0.3) is 0 Å². The average Bonchev–Trinajstić information content (AvgIpc) is 3.04. The van der Waals surface area contributed by atoms with E-state index in [4.69, 9.17) is 9.47 Å². The van der Waals surface area contributed by atoms with Crippen molar-refractivity contribution in [1.29, 1.82) is 0 Å². The molecule has 0 amide bonds. The van der Waals surface area contributed by atoms with Gasteiger partial charge in [-0.05, 0) is 37.5 Å². The summed E-state index contributed by atoms with van der Waals surface area (Å²) in [7, 11) is 1.34. The van der Waals surface area contributed by atoms with E-state index in [2.05, 4.69) is 10.1 Å². The summed E-state index contributed by atoms with van der Waals surface area (Å²) in [6, 6.07) is 7.14. The molecule has 1 unspecified atom stereocenters. The lowest BCUT2D eigenvalue weighted by Crippen LogP contribution is -2.20. The van der Waals surface area contributed by atoms with Gasteiger partial charge in [-0.1, -0.05) is 6.07 Å². The van der Waals surface area contributed by atoms with Crippen LogP contribution in [0.4, 0.5) is 0 Å². The van der Waals surface area contributed by atoms with Gasteiger partial charge in [0.05, 0.1) is 18.5 Å². The van der Waals surface area contributed by atoms with E-state index in [9.17, 15) is 4.79 Å². The lowest BCUT2D eigenvalue weighted by Gasteiger charge is -2.24. The Morgan fingerprint density at radius 3 is 3.05 bits per heavy atom. The minimum Gasteiger partial charge on any atom is -0.464 e. The van der Waals surface area contributed by atoms with Crippen LogP contribution in [0.15, 0.2) is 30.5 Å². The van der Waals surface area contributed by atoms with Crippen molar-refractivity contribution in [2.75, 3.05) is 13.7 Å². The summed E-state index contributed by atoms with van der Waals surface area (Å²) in [4.78, 5) is 15.9. The standard InChI is InChI=1S/C15H17N3O3/c1-20-15(19)12-6-4-5-11(17-12)13-8-9-16-18(13)14-7-2-3-10-21-14/h4-6,8-9,14H,2-3,7,10H2,1H3. The van der Waals surface area contributed by atoms with Crippen molar-refractivity contribution < 1.29 is 14.3 Å². The Bertz CT molecular complexity index is 633. The largest absolute Gasteiger partial charge is 0.464 e. The summed E-state index contributed by atoms with van der Waals surface area (Å²) in [6.07, 6.45) is 4.81. The number of carbonyl (C=O) groups is 1. The predicted octanol–water partition coefficient (Wildman–Crippen LogP) is 2.43. The highest BCUT2D eigenvalue weighted by atomic mass is 16.5. The fourth-order valence-corrected chi connectivity index (χ4v) is 2.46. The molecule has 0 N–H and O–H groups in total. The average molecular weight is 287 g/mol. The van der Waals surface area contributed by atoms with Gasteiger partial charge in [-0.3, -0.25) is 0 Å². The van der Waals surface area contributed by atoms with E-state index in [1.54, 1.807) is 18.3 Å². The number of nitrogens with zero attached hydrogens (tertiary/aromatic N) is 3. The second kappa shape index (κ2) is 6.05. The molecule has 0 aliphatic carbocycles. The molecular formula is C15H17N3O3. The first-order chi connectivity index (χ1) is 10.3. The van der Waals surface area contributed by atoms with Gasteiger partial charge >= 0.3 is 5.97 Å². The van der Waals surface area contributed by atoms with Crippen LogP contribution in [0, 0.1) is 0 Å². The highest BCUT2D eigenvalue weighted by Crippen LogP contribution is 2.27. The highest BCUT2D eigenvalue weighted by Gasteiger charge is 2.20. The number of aromatic nitrogens is 3. The van der Waals surface area contributed by atoms with Crippen LogP contribution in [0.2, 0.25) is 0 Å². The number of carbonyl (C=O) groups excluding carboxylic acids is 1. The number of esters is 1. The van der Waals surface area contributed by atoms with Crippen LogP contribution in [-0.2, 0) is 9.47 Å². The SMILES string of the molecule is COC(=O)c1cccc(-c2ccnn2C2CCCCO2)n1. The van der Waals surface area contributed by atoms with Gasteiger partial charge < -0.3 is 9.47 Å². The Balaban J connectivity index is 1.94. The maximum absolute atomic E-state index is 11.6. The van der Waals surface area contributed by atoms with Gasteiger partial charge in [0.15, 0.2) is 6.23 Å². The summed E-state index contributed by atoms with van der Waals surface area (Å²) >= 11 is 0. The zero-order valence-corrected chi connectivity index (χ0v) is 11.9. The zero-order chi connectivity index (χ0) is 14.7. The monoisotopic (exact) mass is 287 g/mol. The van der Waals surface area contributed by atoms with E-state index in [0.29, 0.717) is 5.69 Å². The number of methoxy groups -OCH3 is 1. The third kappa shape index (κ3) is 2.80. The molecule has 0 aromatic carbocycles. The van der Waals surface area contributed by atoms with Gasteiger partial charge in [-0.25, -0.2) is 14.5 Å². The fraction of sp³-hybridized carbons (Fsp3) is 0.400. The molecule has 2 aromatic heterocycles. The summed E-state index contributed by atoms with van der Waals surface area (Å²) in [6.45, 7) is 0.750. The highest BCUT2D eigenvalue weighted by molar-refractivity contribution is 5.87. The van der Waals surface area contributed by atoms with Crippen molar-refractivity contribution in [2.24, 2.45) is 0 Å². The van der Waals surface area contributed by atoms with Crippen LogP contribution in [0.5, 0.6) is 0 Å². The molecule has 0 saturated carbocycles. The molecule has 1 aliphatic rings. The van der Waals surface area contributed by atoms with E-state index < -0.39 is 5.97 Å². The van der Waals surface area contributed by atoms with Crippen molar-refractivity contribution in [3.8, 4) is 11.4 Å². The van der Waals surface area contributed by atoms with E-state index in [1.165, 1.54) is 7.11 Å². The molecule has 6 nitrogen and oxygen atoms in total. The smallest absolute Gasteiger partial charge is 0.356 e. The van der Waals surface area contributed by atoms with Gasteiger partial charge in [0.2, 0.25) is 0 Å². The van der Waals surface area contributed by atoms with Crippen molar-refractivity contribution in [2.45, 2.75) is 25.5 Å². The summed E-state index contributed by atoms with van der Waals surface area (Å²) < 4.78 is 12.3. The Morgan fingerprint density at radius 1 is 1.38 bits per heavy atom. The van der Waals surface area contributed by atoms with Gasteiger partial charge in [-0.2, -0.15) is 5.10 Å². The van der Waals surface area contributed by atoms with Crippen LogP contribution < -0.4 is 0 Å². The third-order valence-electron chi connectivity index (χ3n) is 3.50. The molecule has 1 aliphatic heterocycles. The lowest BCUT2D eigenvalue weighted by atomic mass is 10.2. The molecule has 6 heteroatoms. The minimum atomic E-state index is -0.447. The predicted molar refractivity (Wildman–Crippen MR) is 75.6 cm³/mol. The topological polar surface area (TPSA) is 66.2 Å². The summed E-state index contributed by atoms with van der Waals surface area (Å²) in [5.41, 5.74) is 1.81. The number of ether oxygens (including phenoxy) is 2. The lowest BCUT2D eigenvalue weighted by molar-refractivity contribution is -0.0384. The first kappa shape index (κ1) is 13.8. The Hall–Kier alpha value is -2.21. The van der Waals surface area contributed by atoms with Crippen molar-refractivity contribution >= 4 is 5.97 Å². The molecule has 1 atom stereocenters. The molecule has 110 valence electrons. The maximum Gasteiger partial charge on any atom is 0.356 e. The van der Waals surface area contributed by atoms with Gasteiger partial charge in [0.1, 0.15) is 5.69 Å². The first-order valence-corrected chi connectivity index (χ1v) is 7.00. The van der Waals surface area contributed by atoms with E-state index in [-0.39, 0.29) is 11.9 Å². The molecule has 0 bridgehead atoms. The van der Waals surface area contributed by atoms with Crippen LogP contribution in [-0.4, -0.2) is 34.5 Å². The number of pyridine rings is 1. The van der Waals surface area contributed by atoms with Crippen LogP contribution in [0.1, 0.15) is 36.0 Å². The summed E-state index contributed by atoms with van der Waals surface area (Å²) in [5, 5.41) is 4.35. The van der Waals surface area contributed by atoms with E-state index in [0.717, 1.165) is 31.6 Å². The quantitative estimate of drug-likeness (QED) is 0.811. The Labute approximate surface area is 122 Å². The first-order valence-electron chi connectivity index (χ1n) is 7.00. The second-order valence-corrected chi connectivity index (χ2v) is 4.88. The number of rotatable bonds is 3. The molecular weight excluding hydrogens is 270 g/mol. The molecule has 1 saturated heterocycles. The normalized spacial score (nSPS) is 18.4. The molecule has 1 fully saturated rings. The van der Waals surface area contributed by atoms with Crippen molar-refractivity contribution in [1.82, 2.24) is 14.8 Å². The molecule has 3 heterocycles. The molecule has 0 spiro atoms. The maximum atomic E-state index is 11.6. The molecule has 0 radical (unpaired) electrons. The Kier molecular flexibility index (Phi) is 3.96. The van der Waals surface area contributed by atoms with Crippen LogP contribution >= 0.6 is 0 Å². The molecule has 21 heavy (non-hydrogen) atoms. The fourth-order valence-electron chi connectivity index (χ4n) is 2.46. The number of hydrogen-bond acceptors (Lipinski definition) is 5. The van der Waals surface area contributed by atoms with Gasteiger partial charge in [-0.15, -0.1) is 0 Å². The molecule has 2 aromatic rings. The van der Waals surface area contributed by atoms with Crippen LogP contribution in [0.25, 0.3) is 11.4 Å². The third-order valence-corrected chi connectivity index (χ3v) is 3.50. The number of hydrogen-bond donors (Lipinski definition) is 0. The minimum absolute atomic E-state index is 0.0627. The van der Waals surface area contributed by atoms with Crippen LogP contribution in [0.3, 0.4) is 0 Å². The van der Waals surface area contributed by atoms with Crippen molar-refractivity contribution in [3.63, 3.8) is 0 Å². The molecule has 3 rings (SSSR count). The van der Waals surface area contributed by atoms with Crippen molar-refractivity contribution in [3.05, 3.63) is 36.2 Å². The summed E-state index contributed by atoms with van der Waals surface area (Å²) in [5.74, 6) is -0.447. The zero-order valence-electron chi connectivity index (χ0n) is 11.9. The van der Waals surface area contributed by atoms with E-state index in [1.807, 2.05) is 16.8 Å². The Morgan fingerprint density at radius 2 is 2.29 bits per heavy atom.